The van der Waals surface area contributed by atoms with Gasteiger partial charge in [0.1, 0.15) is 18.5 Å². The lowest BCUT2D eigenvalue weighted by molar-refractivity contribution is 0.0622. The van der Waals surface area contributed by atoms with Gasteiger partial charge in [-0.15, -0.1) is 0 Å². The summed E-state index contributed by atoms with van der Waals surface area (Å²) in [5, 5.41) is 2.25. The van der Waals surface area contributed by atoms with Crippen LogP contribution in [0.15, 0.2) is 54.6 Å². The number of fused-ring (bicyclic) bond motifs is 4. The first kappa shape index (κ1) is 21.2. The summed E-state index contributed by atoms with van der Waals surface area (Å²) < 4.78 is 12.6. The molecule has 1 saturated heterocycles. The maximum atomic E-state index is 6.47. The largest absolute Gasteiger partial charge is 0.486 e. The van der Waals surface area contributed by atoms with E-state index in [1.165, 1.54) is 10.9 Å². The van der Waals surface area contributed by atoms with E-state index >= 15 is 0 Å². The molecule has 2 aromatic heterocycles. The molecule has 174 valence electrons. The van der Waals surface area contributed by atoms with Crippen LogP contribution in [-0.4, -0.2) is 60.3 Å². The minimum atomic E-state index is 0.00647. The van der Waals surface area contributed by atoms with Gasteiger partial charge in [-0.3, -0.25) is 9.88 Å². The molecule has 4 heterocycles. The van der Waals surface area contributed by atoms with E-state index < -0.39 is 0 Å². The van der Waals surface area contributed by atoms with E-state index in [0.717, 1.165) is 78.6 Å². The van der Waals surface area contributed by atoms with Gasteiger partial charge in [-0.2, -0.15) is 0 Å². The Hall–Kier alpha value is -3.38. The molecule has 2 aliphatic heterocycles. The van der Waals surface area contributed by atoms with Crippen molar-refractivity contribution >= 4 is 27.6 Å². The van der Waals surface area contributed by atoms with Crippen LogP contribution in [0.5, 0.6) is 11.5 Å². The fraction of sp³-hybridized carbons (Fsp3) is 0.357. The van der Waals surface area contributed by atoms with Gasteiger partial charge in [0.05, 0.1) is 11.0 Å². The van der Waals surface area contributed by atoms with Crippen molar-refractivity contribution in [2.24, 2.45) is 0 Å². The SMILES string of the molecule is Cc1ccc2c3c(ccc2n1)OCC(CN1CCCN(c2cc(C)c4ccccc4n2)CC1)O3. The first-order valence-electron chi connectivity index (χ1n) is 12.2. The molecule has 0 radical (unpaired) electrons. The molecule has 1 atom stereocenters. The van der Waals surface area contributed by atoms with E-state index in [4.69, 9.17) is 14.5 Å². The number of ether oxygens (including phenoxy) is 2. The minimum absolute atomic E-state index is 0.00647. The molecule has 0 bridgehead atoms. The molecule has 0 saturated carbocycles. The van der Waals surface area contributed by atoms with E-state index in [0.29, 0.717) is 6.61 Å². The van der Waals surface area contributed by atoms with Gasteiger partial charge in [0, 0.05) is 49.2 Å². The Morgan fingerprint density at radius 1 is 0.882 bits per heavy atom. The number of para-hydroxylation sites is 1. The molecule has 2 aliphatic rings. The average Bonchev–Trinajstić information content (AvgIpc) is 3.09. The highest BCUT2D eigenvalue weighted by Crippen LogP contribution is 2.38. The molecule has 1 unspecified atom stereocenters. The van der Waals surface area contributed by atoms with E-state index in [1.807, 2.05) is 25.1 Å². The van der Waals surface area contributed by atoms with Crippen molar-refractivity contribution in [2.75, 3.05) is 44.2 Å². The molecule has 6 rings (SSSR count). The zero-order valence-corrected chi connectivity index (χ0v) is 19.8. The second kappa shape index (κ2) is 8.76. The van der Waals surface area contributed by atoms with E-state index in [1.54, 1.807) is 0 Å². The predicted octanol–water partition coefficient (Wildman–Crippen LogP) is 4.75. The van der Waals surface area contributed by atoms with Gasteiger partial charge in [0.2, 0.25) is 0 Å². The number of nitrogens with zero attached hydrogens (tertiary/aromatic N) is 4. The zero-order valence-electron chi connectivity index (χ0n) is 19.8. The lowest BCUT2D eigenvalue weighted by Gasteiger charge is -2.31. The highest BCUT2D eigenvalue weighted by atomic mass is 16.6. The number of rotatable bonds is 3. The standard InChI is InChI=1S/C28H30N4O2/c1-19-16-27(30-24-7-4-3-6-22(19)24)32-13-5-12-31(14-15-32)17-21-18-33-26-11-10-25-23(28(26)34-21)9-8-20(2)29-25/h3-4,6-11,16,21H,5,12-15,17-18H2,1-2H3. The smallest absolute Gasteiger partial charge is 0.171 e. The van der Waals surface area contributed by atoms with Crippen molar-refractivity contribution in [3.8, 4) is 11.5 Å². The van der Waals surface area contributed by atoms with Crippen LogP contribution in [-0.2, 0) is 0 Å². The molecule has 6 heteroatoms. The highest BCUT2D eigenvalue weighted by molar-refractivity contribution is 5.88. The molecular weight excluding hydrogens is 424 g/mol. The second-order valence-corrected chi connectivity index (χ2v) is 9.42. The summed E-state index contributed by atoms with van der Waals surface area (Å²) in [6.07, 6.45) is 1.11. The van der Waals surface area contributed by atoms with E-state index in [2.05, 4.69) is 58.1 Å². The van der Waals surface area contributed by atoms with Crippen LogP contribution in [0.4, 0.5) is 5.82 Å². The summed E-state index contributed by atoms with van der Waals surface area (Å²) in [6, 6.07) is 18.7. The first-order valence-corrected chi connectivity index (χ1v) is 12.2. The van der Waals surface area contributed by atoms with Crippen molar-refractivity contribution in [1.82, 2.24) is 14.9 Å². The summed E-state index contributed by atoms with van der Waals surface area (Å²) >= 11 is 0. The third-order valence-electron chi connectivity index (χ3n) is 6.92. The molecule has 4 aromatic rings. The summed E-state index contributed by atoms with van der Waals surface area (Å²) in [7, 11) is 0. The van der Waals surface area contributed by atoms with Crippen LogP contribution in [0.3, 0.4) is 0 Å². The summed E-state index contributed by atoms with van der Waals surface area (Å²) in [4.78, 5) is 14.5. The summed E-state index contributed by atoms with van der Waals surface area (Å²) in [5.41, 5.74) is 4.31. The normalized spacial score (nSPS) is 18.9. The first-order chi connectivity index (χ1) is 16.6. The van der Waals surface area contributed by atoms with Gasteiger partial charge in [0.25, 0.3) is 0 Å². The molecular formula is C28H30N4O2. The zero-order chi connectivity index (χ0) is 23.1. The Bertz CT molecular complexity index is 1360. The monoisotopic (exact) mass is 454 g/mol. The highest BCUT2D eigenvalue weighted by Gasteiger charge is 2.26. The molecule has 34 heavy (non-hydrogen) atoms. The van der Waals surface area contributed by atoms with Crippen LogP contribution >= 0.6 is 0 Å². The number of pyridine rings is 2. The Kier molecular flexibility index (Phi) is 5.46. The number of benzene rings is 2. The summed E-state index contributed by atoms with van der Waals surface area (Å²) in [5.74, 6) is 2.72. The Morgan fingerprint density at radius 2 is 1.76 bits per heavy atom. The van der Waals surface area contributed by atoms with Crippen LogP contribution in [0.2, 0.25) is 0 Å². The molecule has 2 aromatic carbocycles. The number of aryl methyl sites for hydroxylation is 2. The molecule has 1 fully saturated rings. The third kappa shape index (κ3) is 4.03. The van der Waals surface area contributed by atoms with Crippen molar-refractivity contribution in [3.05, 3.63) is 65.9 Å². The van der Waals surface area contributed by atoms with Crippen molar-refractivity contribution in [1.29, 1.82) is 0 Å². The minimum Gasteiger partial charge on any atom is -0.486 e. The number of aromatic nitrogens is 2. The van der Waals surface area contributed by atoms with Crippen LogP contribution in [0.25, 0.3) is 21.8 Å². The van der Waals surface area contributed by atoms with Crippen molar-refractivity contribution < 1.29 is 9.47 Å². The van der Waals surface area contributed by atoms with Gasteiger partial charge in [-0.25, -0.2) is 4.98 Å². The van der Waals surface area contributed by atoms with Crippen LogP contribution < -0.4 is 14.4 Å². The Labute approximate surface area is 200 Å². The maximum absolute atomic E-state index is 6.47. The fourth-order valence-corrected chi connectivity index (χ4v) is 5.13. The lowest BCUT2D eigenvalue weighted by Crippen LogP contribution is -2.42. The van der Waals surface area contributed by atoms with Gasteiger partial charge < -0.3 is 14.4 Å². The van der Waals surface area contributed by atoms with Crippen LogP contribution in [0.1, 0.15) is 17.7 Å². The third-order valence-corrected chi connectivity index (χ3v) is 6.92. The maximum Gasteiger partial charge on any atom is 0.171 e. The number of hydrogen-bond donors (Lipinski definition) is 0. The van der Waals surface area contributed by atoms with Gasteiger partial charge in [-0.1, -0.05) is 18.2 Å². The van der Waals surface area contributed by atoms with Gasteiger partial charge in [0.15, 0.2) is 11.5 Å². The lowest BCUT2D eigenvalue weighted by atomic mass is 10.1. The molecule has 0 N–H and O–H groups in total. The number of hydrogen-bond acceptors (Lipinski definition) is 6. The van der Waals surface area contributed by atoms with Gasteiger partial charge >= 0.3 is 0 Å². The fourth-order valence-electron chi connectivity index (χ4n) is 5.13. The van der Waals surface area contributed by atoms with Crippen molar-refractivity contribution in [3.63, 3.8) is 0 Å². The predicted molar refractivity (Wildman–Crippen MR) is 136 cm³/mol. The van der Waals surface area contributed by atoms with E-state index in [-0.39, 0.29) is 6.10 Å². The van der Waals surface area contributed by atoms with Gasteiger partial charge in [-0.05, 0) is 62.2 Å². The van der Waals surface area contributed by atoms with E-state index in [9.17, 15) is 0 Å². The van der Waals surface area contributed by atoms with Crippen LogP contribution in [0, 0.1) is 13.8 Å². The molecule has 0 spiro atoms. The summed E-state index contributed by atoms with van der Waals surface area (Å²) in [6.45, 7) is 9.62. The Morgan fingerprint density at radius 3 is 2.71 bits per heavy atom. The molecule has 0 aliphatic carbocycles. The number of anilines is 1. The quantitative estimate of drug-likeness (QED) is 0.445. The second-order valence-electron chi connectivity index (χ2n) is 9.42. The molecule has 0 amide bonds. The van der Waals surface area contributed by atoms with Crippen molar-refractivity contribution in [2.45, 2.75) is 26.4 Å². The Balaban J connectivity index is 1.15. The average molecular weight is 455 g/mol. The molecule has 6 nitrogen and oxygen atoms in total. The topological polar surface area (TPSA) is 50.7 Å².